The number of hydrazone groups is 1. The number of hydrogen-bond donors (Lipinski definition) is 2. The summed E-state index contributed by atoms with van der Waals surface area (Å²) in [7, 11) is 0. The first-order valence-corrected chi connectivity index (χ1v) is 8.17. The molecule has 0 spiro atoms. The van der Waals surface area contributed by atoms with Gasteiger partial charge < -0.3 is 14.8 Å². The molecule has 3 rings (SSSR count). The van der Waals surface area contributed by atoms with E-state index in [9.17, 15) is 9.59 Å². The number of rotatable bonds is 5. The Labute approximate surface area is 154 Å². The lowest BCUT2D eigenvalue weighted by molar-refractivity contribution is -0.120. The van der Waals surface area contributed by atoms with E-state index >= 15 is 0 Å². The summed E-state index contributed by atoms with van der Waals surface area (Å²) in [6.45, 7) is 1.69. The second kappa shape index (κ2) is 7.88. The molecule has 0 unspecified atom stereocenters. The van der Waals surface area contributed by atoms with Crippen molar-refractivity contribution in [1.82, 2.24) is 10.7 Å². The number of halogens is 1. The highest BCUT2D eigenvalue weighted by Crippen LogP contribution is 2.32. The lowest BCUT2D eigenvalue weighted by Gasteiger charge is -2.06. The van der Waals surface area contributed by atoms with E-state index in [1.54, 1.807) is 49.4 Å². The Hall–Kier alpha value is -3.06. The van der Waals surface area contributed by atoms with Crippen LogP contribution in [0, 0.1) is 0 Å². The third-order valence-corrected chi connectivity index (χ3v) is 3.91. The van der Waals surface area contributed by atoms with Crippen molar-refractivity contribution in [3.05, 3.63) is 58.6 Å². The first-order chi connectivity index (χ1) is 12.5. The minimum Gasteiger partial charge on any atom is -0.454 e. The molecule has 7 nitrogen and oxygen atoms in total. The van der Waals surface area contributed by atoms with Crippen molar-refractivity contribution in [2.45, 2.75) is 6.92 Å². The van der Waals surface area contributed by atoms with E-state index in [4.69, 9.17) is 21.1 Å². The van der Waals surface area contributed by atoms with E-state index in [0.717, 1.165) is 5.56 Å². The van der Waals surface area contributed by atoms with Crippen molar-refractivity contribution in [3.8, 4) is 11.5 Å². The third kappa shape index (κ3) is 4.31. The van der Waals surface area contributed by atoms with Crippen LogP contribution in [0.5, 0.6) is 11.5 Å². The molecule has 0 aliphatic carbocycles. The van der Waals surface area contributed by atoms with Gasteiger partial charge in [0.15, 0.2) is 11.5 Å². The highest BCUT2D eigenvalue weighted by Gasteiger charge is 2.16. The SMILES string of the molecule is C/C(=N/NC(=O)CNC(=O)c1ccc2c(c1)OCO2)c1ccc(Cl)cc1. The molecule has 0 radical (unpaired) electrons. The fourth-order valence-electron chi connectivity index (χ4n) is 2.24. The number of nitrogens with zero attached hydrogens (tertiary/aromatic N) is 1. The standard InChI is InChI=1S/C18H16ClN3O4/c1-11(12-2-5-14(19)6-3-12)21-22-17(23)9-20-18(24)13-4-7-15-16(8-13)26-10-25-15/h2-8H,9-10H2,1H3,(H,20,24)(H,22,23)/b21-11-. The summed E-state index contributed by atoms with van der Waals surface area (Å²) in [5.41, 5.74) is 4.23. The molecule has 2 N–H and O–H groups in total. The maximum absolute atomic E-state index is 12.1. The van der Waals surface area contributed by atoms with Crippen molar-refractivity contribution < 1.29 is 19.1 Å². The summed E-state index contributed by atoms with van der Waals surface area (Å²) in [4.78, 5) is 24.0. The first kappa shape index (κ1) is 17.8. The van der Waals surface area contributed by atoms with Gasteiger partial charge in [-0.1, -0.05) is 23.7 Å². The predicted molar refractivity (Wildman–Crippen MR) is 96.7 cm³/mol. The molecule has 134 valence electrons. The molecule has 0 bridgehead atoms. The number of nitrogens with one attached hydrogen (secondary N) is 2. The summed E-state index contributed by atoms with van der Waals surface area (Å²) >= 11 is 5.83. The fourth-order valence-corrected chi connectivity index (χ4v) is 2.37. The number of hydrogen-bond acceptors (Lipinski definition) is 5. The molecular weight excluding hydrogens is 358 g/mol. The van der Waals surface area contributed by atoms with Crippen molar-refractivity contribution in [2.75, 3.05) is 13.3 Å². The number of fused-ring (bicyclic) bond motifs is 1. The number of carbonyl (C=O) groups is 2. The summed E-state index contributed by atoms with van der Waals surface area (Å²) < 4.78 is 10.4. The molecule has 2 amide bonds. The van der Waals surface area contributed by atoms with Gasteiger partial charge in [-0.15, -0.1) is 0 Å². The number of ether oxygens (including phenoxy) is 2. The van der Waals surface area contributed by atoms with E-state index in [1.807, 2.05) is 0 Å². The molecule has 1 heterocycles. The van der Waals surface area contributed by atoms with Gasteiger partial charge in [0.05, 0.1) is 12.3 Å². The van der Waals surface area contributed by atoms with E-state index < -0.39 is 11.8 Å². The fraction of sp³-hybridized carbons (Fsp3) is 0.167. The van der Waals surface area contributed by atoms with Gasteiger partial charge >= 0.3 is 0 Å². The van der Waals surface area contributed by atoms with Gasteiger partial charge in [0.2, 0.25) is 6.79 Å². The highest BCUT2D eigenvalue weighted by molar-refractivity contribution is 6.30. The van der Waals surface area contributed by atoms with Gasteiger partial charge in [0.25, 0.3) is 11.8 Å². The van der Waals surface area contributed by atoms with Crippen LogP contribution in [0.3, 0.4) is 0 Å². The van der Waals surface area contributed by atoms with Crippen LogP contribution < -0.4 is 20.2 Å². The second-order valence-corrected chi connectivity index (χ2v) is 5.93. The zero-order valence-electron chi connectivity index (χ0n) is 13.9. The lowest BCUT2D eigenvalue weighted by Crippen LogP contribution is -2.35. The summed E-state index contributed by atoms with van der Waals surface area (Å²) in [5, 5.41) is 7.16. The third-order valence-electron chi connectivity index (χ3n) is 3.65. The van der Waals surface area contributed by atoms with Gasteiger partial charge in [-0.25, -0.2) is 5.43 Å². The van der Waals surface area contributed by atoms with Crippen LogP contribution >= 0.6 is 11.6 Å². The molecule has 0 fully saturated rings. The topological polar surface area (TPSA) is 89.0 Å². The van der Waals surface area contributed by atoms with E-state index in [-0.39, 0.29) is 13.3 Å². The van der Waals surface area contributed by atoms with Gasteiger partial charge in [0, 0.05) is 10.6 Å². The summed E-state index contributed by atoms with van der Waals surface area (Å²) in [5.74, 6) is 0.265. The molecule has 0 atom stereocenters. The lowest BCUT2D eigenvalue weighted by atomic mass is 10.1. The Morgan fingerprint density at radius 2 is 1.77 bits per heavy atom. The van der Waals surface area contributed by atoms with E-state index in [0.29, 0.717) is 27.8 Å². The Balaban J connectivity index is 1.51. The zero-order valence-corrected chi connectivity index (χ0v) is 14.7. The maximum atomic E-state index is 12.1. The van der Waals surface area contributed by atoms with Crippen LogP contribution in [0.25, 0.3) is 0 Å². The largest absolute Gasteiger partial charge is 0.454 e. The molecule has 1 aliphatic rings. The van der Waals surface area contributed by atoms with Crippen LogP contribution in [0.1, 0.15) is 22.8 Å². The van der Waals surface area contributed by atoms with Crippen LogP contribution in [0.15, 0.2) is 47.6 Å². The molecule has 0 saturated heterocycles. The zero-order chi connectivity index (χ0) is 18.5. The normalized spacial score (nSPS) is 12.6. The smallest absolute Gasteiger partial charge is 0.259 e. The number of amides is 2. The molecule has 0 saturated carbocycles. The molecule has 0 aromatic heterocycles. The Bertz CT molecular complexity index is 865. The molecule has 1 aliphatic heterocycles. The highest BCUT2D eigenvalue weighted by atomic mass is 35.5. The van der Waals surface area contributed by atoms with Crippen LogP contribution in [-0.4, -0.2) is 30.9 Å². The summed E-state index contributed by atoms with van der Waals surface area (Å²) in [6.07, 6.45) is 0. The molecule has 8 heteroatoms. The molecule has 2 aromatic carbocycles. The minimum atomic E-state index is -0.438. The molecule has 26 heavy (non-hydrogen) atoms. The van der Waals surface area contributed by atoms with E-state index in [2.05, 4.69) is 15.8 Å². The van der Waals surface area contributed by atoms with E-state index in [1.165, 1.54) is 0 Å². The van der Waals surface area contributed by atoms with Gasteiger partial charge in [-0.3, -0.25) is 9.59 Å². The maximum Gasteiger partial charge on any atom is 0.259 e. The first-order valence-electron chi connectivity index (χ1n) is 7.80. The molecule has 2 aromatic rings. The van der Waals surface area contributed by atoms with Crippen molar-refractivity contribution >= 4 is 29.1 Å². The Morgan fingerprint density at radius 3 is 2.54 bits per heavy atom. The molecular formula is C18H16ClN3O4. The van der Waals surface area contributed by atoms with Crippen molar-refractivity contribution in [2.24, 2.45) is 5.10 Å². The van der Waals surface area contributed by atoms with Crippen LogP contribution in [-0.2, 0) is 4.79 Å². The Kier molecular flexibility index (Phi) is 5.38. The number of carbonyl (C=O) groups excluding carboxylic acids is 2. The minimum absolute atomic E-state index is 0.133. The average Bonchev–Trinajstić information content (AvgIpc) is 3.12. The van der Waals surface area contributed by atoms with Crippen LogP contribution in [0.4, 0.5) is 0 Å². The quantitative estimate of drug-likeness (QED) is 0.622. The average molecular weight is 374 g/mol. The monoisotopic (exact) mass is 373 g/mol. The van der Waals surface area contributed by atoms with Crippen molar-refractivity contribution in [3.63, 3.8) is 0 Å². The predicted octanol–water partition coefficient (Wildman–Crippen LogP) is 2.34. The van der Waals surface area contributed by atoms with Crippen LogP contribution in [0.2, 0.25) is 5.02 Å². The van der Waals surface area contributed by atoms with Crippen molar-refractivity contribution in [1.29, 1.82) is 0 Å². The second-order valence-electron chi connectivity index (χ2n) is 5.49. The van der Waals surface area contributed by atoms with Gasteiger partial charge in [-0.05, 0) is 42.8 Å². The van der Waals surface area contributed by atoms with Gasteiger partial charge in [0.1, 0.15) is 0 Å². The summed E-state index contributed by atoms with van der Waals surface area (Å²) in [6, 6.07) is 11.9. The Morgan fingerprint density at radius 1 is 1.08 bits per heavy atom. The number of benzene rings is 2. The van der Waals surface area contributed by atoms with Gasteiger partial charge in [-0.2, -0.15) is 5.10 Å².